The van der Waals surface area contributed by atoms with Gasteiger partial charge < -0.3 is 15.2 Å². The van der Waals surface area contributed by atoms with Gasteiger partial charge in [-0.05, 0) is 38.0 Å². The molecular formula is C25H22F3N7. The van der Waals surface area contributed by atoms with E-state index >= 15 is 8.78 Å². The van der Waals surface area contributed by atoms with E-state index in [2.05, 4.69) is 9.97 Å². The van der Waals surface area contributed by atoms with E-state index in [1.165, 1.54) is 35.3 Å². The van der Waals surface area contributed by atoms with Crippen LogP contribution in [0.3, 0.4) is 0 Å². The summed E-state index contributed by atoms with van der Waals surface area (Å²) in [4.78, 5) is 15.4. The van der Waals surface area contributed by atoms with Crippen LogP contribution in [0.15, 0.2) is 36.8 Å². The molecule has 0 amide bonds. The molecule has 3 heterocycles. The summed E-state index contributed by atoms with van der Waals surface area (Å²) in [5.74, 6) is -2.34. The summed E-state index contributed by atoms with van der Waals surface area (Å²) in [6, 6.07) is 7.31. The Morgan fingerprint density at radius 3 is 2.54 bits per heavy atom. The Labute approximate surface area is 199 Å². The number of halogens is 3. The lowest BCUT2D eigenvalue weighted by Gasteiger charge is -2.31. The van der Waals surface area contributed by atoms with Gasteiger partial charge in [-0.1, -0.05) is 6.07 Å². The van der Waals surface area contributed by atoms with Crippen molar-refractivity contribution in [3.8, 4) is 28.6 Å². The third-order valence-electron chi connectivity index (χ3n) is 6.37. The predicted octanol–water partition coefficient (Wildman–Crippen LogP) is 4.40. The summed E-state index contributed by atoms with van der Waals surface area (Å²) in [7, 11) is 0. The predicted molar refractivity (Wildman–Crippen MR) is 126 cm³/mol. The van der Waals surface area contributed by atoms with Crippen molar-refractivity contribution in [3.05, 3.63) is 59.8 Å². The normalized spacial score (nSPS) is 14.5. The fourth-order valence-corrected chi connectivity index (χ4v) is 4.39. The molecule has 2 aromatic carbocycles. The van der Waals surface area contributed by atoms with Crippen LogP contribution in [0.4, 0.5) is 19.0 Å². The number of nitrogens with zero attached hydrogens (tertiary/aromatic N) is 6. The minimum absolute atomic E-state index is 0.0518. The summed E-state index contributed by atoms with van der Waals surface area (Å²) in [5.41, 5.74) is 6.60. The van der Waals surface area contributed by atoms with Gasteiger partial charge in [-0.3, -0.25) is 0 Å². The van der Waals surface area contributed by atoms with Crippen LogP contribution in [-0.2, 0) is 6.54 Å². The molecule has 4 aromatic rings. The topological polar surface area (TPSA) is 96.7 Å². The van der Waals surface area contributed by atoms with Crippen LogP contribution in [0.1, 0.15) is 25.3 Å². The van der Waals surface area contributed by atoms with Crippen LogP contribution in [0, 0.1) is 28.8 Å². The zero-order chi connectivity index (χ0) is 24.7. The van der Waals surface area contributed by atoms with Crippen LogP contribution in [0.25, 0.3) is 33.5 Å². The molecule has 2 aromatic heterocycles. The van der Waals surface area contributed by atoms with Gasteiger partial charge in [0.05, 0.1) is 35.0 Å². The molecule has 0 spiro atoms. The maximum absolute atomic E-state index is 15.4. The largest absolute Gasteiger partial charge is 0.355 e. The van der Waals surface area contributed by atoms with Gasteiger partial charge in [0.25, 0.3) is 0 Å². The Bertz CT molecular complexity index is 1470. The summed E-state index contributed by atoms with van der Waals surface area (Å²) < 4.78 is 46.5. The molecule has 2 N–H and O–H groups in total. The number of imidazole rings is 1. The second kappa shape index (κ2) is 9.00. The number of aromatic nitrogens is 4. The number of aryl methyl sites for hydroxylation is 1. The summed E-state index contributed by atoms with van der Waals surface area (Å²) in [5, 5.41) is 9.10. The highest BCUT2D eigenvalue weighted by molar-refractivity contribution is 5.87. The number of nitrogens with two attached hydrogens (primary N) is 1. The zero-order valence-corrected chi connectivity index (χ0v) is 19.0. The maximum atomic E-state index is 15.4. The van der Waals surface area contributed by atoms with Gasteiger partial charge in [0.1, 0.15) is 23.2 Å². The van der Waals surface area contributed by atoms with E-state index in [0.29, 0.717) is 31.0 Å². The van der Waals surface area contributed by atoms with E-state index < -0.39 is 17.5 Å². The number of piperidine rings is 1. The Kier molecular flexibility index (Phi) is 5.86. The number of benzene rings is 2. The first-order valence-corrected chi connectivity index (χ1v) is 11.3. The van der Waals surface area contributed by atoms with E-state index in [1.807, 2.05) is 11.8 Å². The SMILES string of the molecule is CCn1cnc2cc(-c3ncc(N4CCC(N)CC4)nc3-c3ccc(C#N)c(F)c3)c(F)c(F)c21. The Morgan fingerprint density at radius 2 is 1.86 bits per heavy atom. The van der Waals surface area contributed by atoms with Crippen molar-refractivity contribution in [3.63, 3.8) is 0 Å². The average molecular weight is 477 g/mol. The second-order valence-corrected chi connectivity index (χ2v) is 8.51. The van der Waals surface area contributed by atoms with Crippen molar-refractivity contribution < 1.29 is 13.2 Å². The standard InChI is InChI=1S/C25H22F3N7/c1-2-34-13-32-19-10-17(21(27)22(28)25(19)34)24-23(14-3-4-15(11-29)18(26)9-14)33-20(12-31-24)35-7-5-16(30)6-8-35/h3-4,9-10,12-13,16H,2,5-8,30H2,1H3. The van der Waals surface area contributed by atoms with Crippen LogP contribution in [0.2, 0.25) is 0 Å². The number of nitriles is 1. The highest BCUT2D eigenvalue weighted by Gasteiger charge is 2.25. The van der Waals surface area contributed by atoms with Crippen molar-refractivity contribution in [2.24, 2.45) is 5.73 Å². The fourth-order valence-electron chi connectivity index (χ4n) is 4.39. The van der Waals surface area contributed by atoms with E-state index in [-0.39, 0.29) is 39.6 Å². The van der Waals surface area contributed by atoms with Gasteiger partial charge in [-0.2, -0.15) is 5.26 Å². The van der Waals surface area contributed by atoms with Crippen molar-refractivity contribution >= 4 is 16.9 Å². The minimum Gasteiger partial charge on any atom is -0.355 e. The van der Waals surface area contributed by atoms with Crippen molar-refractivity contribution in [2.45, 2.75) is 32.4 Å². The Morgan fingerprint density at radius 1 is 1.09 bits per heavy atom. The molecule has 7 nitrogen and oxygen atoms in total. The fraction of sp³-hybridized carbons (Fsp3) is 0.280. The molecule has 35 heavy (non-hydrogen) atoms. The van der Waals surface area contributed by atoms with Gasteiger partial charge in [0.2, 0.25) is 0 Å². The quantitative estimate of drug-likeness (QED) is 0.468. The van der Waals surface area contributed by atoms with E-state index in [4.69, 9.17) is 16.0 Å². The maximum Gasteiger partial charge on any atom is 0.185 e. The average Bonchev–Trinajstić information content (AvgIpc) is 3.29. The minimum atomic E-state index is -1.09. The van der Waals surface area contributed by atoms with Crippen molar-refractivity contribution in [1.82, 2.24) is 19.5 Å². The smallest absolute Gasteiger partial charge is 0.185 e. The third kappa shape index (κ3) is 3.98. The lowest BCUT2D eigenvalue weighted by atomic mass is 10.0. The van der Waals surface area contributed by atoms with Crippen molar-refractivity contribution in [1.29, 1.82) is 5.26 Å². The number of rotatable bonds is 4. The number of hydrogen-bond donors (Lipinski definition) is 1. The van der Waals surface area contributed by atoms with Crippen LogP contribution >= 0.6 is 0 Å². The summed E-state index contributed by atoms with van der Waals surface area (Å²) >= 11 is 0. The molecule has 0 bridgehead atoms. The summed E-state index contributed by atoms with van der Waals surface area (Å²) in [6.45, 7) is 3.57. The van der Waals surface area contributed by atoms with Crippen LogP contribution < -0.4 is 10.6 Å². The molecule has 1 aliphatic rings. The van der Waals surface area contributed by atoms with Gasteiger partial charge in [-0.15, -0.1) is 0 Å². The molecular weight excluding hydrogens is 455 g/mol. The molecule has 5 rings (SSSR count). The monoisotopic (exact) mass is 477 g/mol. The van der Waals surface area contributed by atoms with Crippen LogP contribution in [-0.4, -0.2) is 38.7 Å². The first-order valence-electron chi connectivity index (χ1n) is 11.3. The molecule has 0 aliphatic carbocycles. The highest BCUT2D eigenvalue weighted by Crippen LogP contribution is 2.36. The van der Waals surface area contributed by atoms with Gasteiger partial charge in [0.15, 0.2) is 11.6 Å². The van der Waals surface area contributed by atoms with Gasteiger partial charge in [-0.25, -0.2) is 28.1 Å². The molecule has 0 atom stereocenters. The molecule has 1 fully saturated rings. The van der Waals surface area contributed by atoms with Crippen molar-refractivity contribution in [2.75, 3.05) is 18.0 Å². The zero-order valence-electron chi connectivity index (χ0n) is 19.0. The Balaban J connectivity index is 1.71. The first-order chi connectivity index (χ1) is 16.9. The molecule has 1 saturated heterocycles. The summed E-state index contributed by atoms with van der Waals surface area (Å²) in [6.07, 6.45) is 4.51. The van der Waals surface area contributed by atoms with E-state index in [9.17, 15) is 4.39 Å². The molecule has 0 radical (unpaired) electrons. The number of fused-ring (bicyclic) bond motifs is 1. The Hall–Kier alpha value is -3.97. The van der Waals surface area contributed by atoms with E-state index in [1.54, 1.807) is 6.07 Å². The highest BCUT2D eigenvalue weighted by atomic mass is 19.2. The lowest BCUT2D eigenvalue weighted by Crippen LogP contribution is -2.40. The van der Waals surface area contributed by atoms with E-state index in [0.717, 1.165) is 18.9 Å². The number of anilines is 1. The lowest BCUT2D eigenvalue weighted by molar-refractivity contribution is 0.498. The van der Waals surface area contributed by atoms with Gasteiger partial charge in [0, 0.05) is 36.8 Å². The molecule has 0 saturated carbocycles. The second-order valence-electron chi connectivity index (χ2n) is 8.51. The molecule has 1 aliphatic heterocycles. The molecule has 178 valence electrons. The third-order valence-corrected chi connectivity index (χ3v) is 6.37. The molecule has 10 heteroatoms. The van der Waals surface area contributed by atoms with Crippen LogP contribution in [0.5, 0.6) is 0 Å². The molecule has 0 unspecified atom stereocenters. The number of hydrogen-bond acceptors (Lipinski definition) is 6. The first kappa shape index (κ1) is 22.8. The van der Waals surface area contributed by atoms with Gasteiger partial charge >= 0.3 is 0 Å².